The van der Waals surface area contributed by atoms with Gasteiger partial charge in [-0.2, -0.15) is 0 Å². The summed E-state index contributed by atoms with van der Waals surface area (Å²) in [6, 6.07) is 28.9. The van der Waals surface area contributed by atoms with Crippen LogP contribution in [0.25, 0.3) is 12.2 Å². The van der Waals surface area contributed by atoms with Crippen molar-refractivity contribution >= 4 is 12.2 Å². The Kier molecular flexibility index (Phi) is 5.80. The second-order valence-corrected chi connectivity index (χ2v) is 19.1. The van der Waals surface area contributed by atoms with Crippen molar-refractivity contribution in [3.63, 3.8) is 0 Å². The van der Waals surface area contributed by atoms with E-state index >= 15 is 0 Å². The van der Waals surface area contributed by atoms with Gasteiger partial charge in [0.2, 0.25) is 0 Å². The molecule has 0 aliphatic heterocycles. The number of fused-ring (bicyclic) bond motifs is 2. The number of hydrogen-bond donors (Lipinski definition) is 0. The molecule has 4 aromatic rings. The van der Waals surface area contributed by atoms with E-state index in [0.717, 1.165) is 22.3 Å². The Labute approximate surface area is 221 Å². The molecule has 6 rings (SSSR count). The minimum atomic E-state index is -4.85. The van der Waals surface area contributed by atoms with Crippen LogP contribution in [0.15, 0.2) is 109 Å². The van der Waals surface area contributed by atoms with Crippen LogP contribution in [0.2, 0.25) is 0 Å². The summed E-state index contributed by atoms with van der Waals surface area (Å²) in [5, 5.41) is 0. The Bertz CT molecular complexity index is 1440. The monoisotopic (exact) mass is 570 g/mol. The zero-order valence-electron chi connectivity index (χ0n) is 20.6. The summed E-state index contributed by atoms with van der Waals surface area (Å²) in [7, 11) is 0. The molecule has 0 saturated carbocycles. The number of hydrogen-bond acceptors (Lipinski definition) is 2. The molecule has 0 aromatic heterocycles. The third-order valence-corrected chi connectivity index (χ3v) is 19.2. The summed E-state index contributed by atoms with van der Waals surface area (Å²) in [6.45, 7) is 4.31. The van der Waals surface area contributed by atoms with Crippen molar-refractivity contribution in [2.45, 2.75) is 20.1 Å². The van der Waals surface area contributed by atoms with Gasteiger partial charge in [-0.15, -0.1) is 0 Å². The number of halogens is 2. The van der Waals surface area contributed by atoms with Crippen LogP contribution < -0.4 is 5.63 Å². The molecule has 0 radical (unpaired) electrons. The van der Waals surface area contributed by atoms with E-state index < -0.39 is 27.4 Å². The van der Waals surface area contributed by atoms with Gasteiger partial charge in [0.05, 0.1) is 0 Å². The molecular formula is C32H26F2O2Zr. The molecule has 2 nitrogen and oxygen atoms in total. The average Bonchev–Trinajstić information content (AvgIpc) is 3.43. The third kappa shape index (κ3) is 3.75. The Morgan fingerprint density at radius 2 is 1.00 bits per heavy atom. The van der Waals surface area contributed by atoms with E-state index in [4.69, 9.17) is 5.63 Å². The number of allylic oxidation sites excluding steroid dienone is 2. The van der Waals surface area contributed by atoms with Gasteiger partial charge in [0.25, 0.3) is 0 Å². The first-order valence-corrected chi connectivity index (χ1v) is 16.8. The molecule has 0 bridgehead atoms. The molecular weight excluding hydrogens is 546 g/mol. The maximum absolute atomic E-state index is 14.5. The van der Waals surface area contributed by atoms with Gasteiger partial charge >= 0.3 is 222 Å². The second kappa shape index (κ2) is 8.92. The van der Waals surface area contributed by atoms with Crippen molar-refractivity contribution in [2.75, 3.05) is 0 Å². The normalized spacial score (nSPS) is 21.5. The van der Waals surface area contributed by atoms with Crippen LogP contribution in [-0.2, 0) is 27.4 Å². The predicted molar refractivity (Wildman–Crippen MR) is 140 cm³/mol. The van der Waals surface area contributed by atoms with Gasteiger partial charge in [-0.05, 0) is 0 Å². The summed E-state index contributed by atoms with van der Waals surface area (Å²) < 4.78 is 41.9. The Balaban J connectivity index is 1.67. The van der Waals surface area contributed by atoms with Gasteiger partial charge in [0.1, 0.15) is 0 Å². The van der Waals surface area contributed by atoms with E-state index in [0.29, 0.717) is 11.5 Å². The quantitative estimate of drug-likeness (QED) is 0.232. The van der Waals surface area contributed by atoms with E-state index in [2.05, 4.69) is 62.4 Å². The molecule has 0 spiro atoms. The third-order valence-electron chi connectivity index (χ3n) is 7.72. The van der Waals surface area contributed by atoms with Crippen LogP contribution in [0.4, 0.5) is 8.78 Å². The van der Waals surface area contributed by atoms with E-state index in [9.17, 15) is 8.78 Å². The Morgan fingerprint density at radius 3 is 1.43 bits per heavy atom. The van der Waals surface area contributed by atoms with Crippen LogP contribution in [-0.4, -0.2) is 0 Å². The van der Waals surface area contributed by atoms with Crippen molar-refractivity contribution in [1.82, 2.24) is 0 Å². The maximum atomic E-state index is 14.5. The molecule has 5 heteroatoms. The molecule has 184 valence electrons. The molecule has 0 N–H and O–H groups in total. The van der Waals surface area contributed by atoms with Gasteiger partial charge in [0.15, 0.2) is 0 Å². The van der Waals surface area contributed by atoms with E-state index in [1.165, 1.54) is 24.3 Å². The van der Waals surface area contributed by atoms with Crippen molar-refractivity contribution in [3.05, 3.63) is 143 Å². The second-order valence-electron chi connectivity index (χ2n) is 9.98. The molecule has 0 saturated heterocycles. The molecule has 0 amide bonds. The Hall–Kier alpha value is -3.30. The van der Waals surface area contributed by atoms with Gasteiger partial charge in [0, 0.05) is 0 Å². The first-order valence-electron chi connectivity index (χ1n) is 12.3. The van der Waals surface area contributed by atoms with Crippen LogP contribution in [0.5, 0.6) is 11.5 Å². The van der Waals surface area contributed by atoms with Crippen LogP contribution >= 0.6 is 0 Å². The predicted octanol–water partition coefficient (Wildman–Crippen LogP) is 8.29. The summed E-state index contributed by atoms with van der Waals surface area (Å²) in [4.78, 5) is 0. The SMILES string of the molecule is C[C]1([Zr]([O]c2cccc(F)c2)([O]c2cccc(F)c2)[C]2(C)C=Cc3ccccc32)C=Cc2ccccc21. The van der Waals surface area contributed by atoms with Gasteiger partial charge in [-0.25, -0.2) is 0 Å². The summed E-state index contributed by atoms with van der Waals surface area (Å²) >= 11 is -4.85. The topological polar surface area (TPSA) is 18.5 Å². The van der Waals surface area contributed by atoms with Crippen molar-refractivity contribution < 1.29 is 35.6 Å². The number of benzene rings is 4. The van der Waals surface area contributed by atoms with Gasteiger partial charge < -0.3 is 0 Å². The van der Waals surface area contributed by atoms with Gasteiger partial charge in [-0.1, -0.05) is 0 Å². The fourth-order valence-electron chi connectivity index (χ4n) is 5.87. The average molecular weight is 572 g/mol. The van der Waals surface area contributed by atoms with Gasteiger partial charge in [-0.3, -0.25) is 0 Å². The zero-order chi connectivity index (χ0) is 25.7. The molecule has 2 aliphatic rings. The number of rotatable bonds is 6. The summed E-state index contributed by atoms with van der Waals surface area (Å²) in [5.41, 5.74) is 4.38. The van der Waals surface area contributed by atoms with Crippen molar-refractivity contribution in [1.29, 1.82) is 0 Å². The molecule has 2 atom stereocenters. The standard InChI is InChI=1S/2C10H9.2C6H5FO.Zr/c2*1-8-6-7-9-4-2-3-5-10(8)9;2*7-5-2-1-3-6(8)4-5;/h2*2-7H,1H3;2*1-4,8H;/q;;;;+2/p-2. The summed E-state index contributed by atoms with van der Waals surface area (Å²) in [5.74, 6) is 0.0439. The van der Waals surface area contributed by atoms with E-state index in [1.807, 2.05) is 24.3 Å². The molecule has 0 fully saturated rings. The molecule has 4 aromatic carbocycles. The minimum absolute atomic E-state index is 0.386. The molecule has 2 unspecified atom stereocenters. The summed E-state index contributed by atoms with van der Waals surface area (Å²) in [6.07, 6.45) is 8.57. The molecule has 0 heterocycles. The van der Waals surface area contributed by atoms with E-state index in [1.54, 1.807) is 24.3 Å². The van der Waals surface area contributed by atoms with Crippen molar-refractivity contribution in [2.24, 2.45) is 0 Å². The first kappa shape index (κ1) is 24.1. The fraction of sp³-hybridized carbons (Fsp3) is 0.125. The first-order chi connectivity index (χ1) is 17.8. The van der Waals surface area contributed by atoms with Crippen LogP contribution in [0.1, 0.15) is 36.1 Å². The van der Waals surface area contributed by atoms with Crippen LogP contribution in [0, 0.1) is 11.6 Å². The molecule has 2 aliphatic carbocycles. The van der Waals surface area contributed by atoms with Crippen LogP contribution in [0.3, 0.4) is 0 Å². The van der Waals surface area contributed by atoms with E-state index in [-0.39, 0.29) is 11.6 Å². The van der Waals surface area contributed by atoms with Crippen molar-refractivity contribution in [3.8, 4) is 11.5 Å². The molecule has 37 heavy (non-hydrogen) atoms. The fourth-order valence-corrected chi connectivity index (χ4v) is 17.3. The Morgan fingerprint density at radius 1 is 0.568 bits per heavy atom. The zero-order valence-corrected chi connectivity index (χ0v) is 23.1.